The highest BCUT2D eigenvalue weighted by Crippen LogP contribution is 2.43. The van der Waals surface area contributed by atoms with E-state index in [4.69, 9.17) is 0 Å². The number of benzene rings is 10. The van der Waals surface area contributed by atoms with Crippen LogP contribution in [0.4, 0.5) is 30.2 Å². The maximum absolute atomic E-state index is 13.6. The van der Waals surface area contributed by atoms with Crippen LogP contribution in [0.2, 0.25) is 0 Å². The number of alkyl halides is 3. The molecule has 0 aliphatic rings. The van der Waals surface area contributed by atoms with E-state index in [1.54, 1.807) is 12.1 Å². The second kappa shape index (κ2) is 16.2. The summed E-state index contributed by atoms with van der Waals surface area (Å²) in [6.07, 6.45) is -5.31. The molecular formula is C62H41F3N2. The van der Waals surface area contributed by atoms with Gasteiger partial charge in [0.25, 0.3) is 0 Å². The van der Waals surface area contributed by atoms with E-state index >= 15 is 0 Å². The summed E-state index contributed by atoms with van der Waals surface area (Å²) in [5, 5.41) is 5.07. The molecule has 0 unspecified atom stereocenters. The fraction of sp³-hybridized carbons (Fsp3) is 0.0323. The Balaban J connectivity index is 0.815. The molecule has 0 amide bonds. The van der Waals surface area contributed by atoms with Crippen LogP contribution in [0.3, 0.4) is 0 Å². The first-order valence-corrected chi connectivity index (χ1v) is 22.5. The lowest BCUT2D eigenvalue weighted by atomic mass is 9.96. The molecule has 12 aromatic rings. The summed E-state index contributed by atoms with van der Waals surface area (Å²) in [5.74, 6) is 0. The second-order valence-electron chi connectivity index (χ2n) is 17.3. The quantitative estimate of drug-likeness (QED) is 0.140. The van der Waals surface area contributed by atoms with Crippen molar-refractivity contribution in [1.82, 2.24) is 4.40 Å². The molecule has 0 aliphatic heterocycles. The fourth-order valence-corrected chi connectivity index (χ4v) is 9.90. The van der Waals surface area contributed by atoms with Crippen molar-refractivity contribution >= 4 is 55.2 Å². The molecule has 0 N–H and O–H groups in total. The van der Waals surface area contributed by atoms with E-state index in [0.717, 1.165) is 55.9 Å². The first kappa shape index (κ1) is 40.1. The molecule has 0 saturated heterocycles. The minimum Gasteiger partial charge on any atom is -0.310 e. The van der Waals surface area contributed by atoms with Crippen LogP contribution in [0, 0.1) is 0 Å². The highest BCUT2D eigenvalue weighted by Gasteiger charge is 2.28. The summed E-state index contributed by atoms with van der Waals surface area (Å²) in [4.78, 5) is 2.02. The number of hydrogen-bond donors (Lipinski definition) is 0. The maximum Gasteiger partial charge on any atom is 0.393 e. The summed E-state index contributed by atoms with van der Waals surface area (Å²) >= 11 is 0. The summed E-state index contributed by atoms with van der Waals surface area (Å²) in [5.41, 5.74) is 17.5. The molecule has 0 radical (unpaired) electrons. The van der Waals surface area contributed by atoms with Gasteiger partial charge in [0.15, 0.2) is 0 Å². The number of rotatable bonds is 9. The molecule has 320 valence electrons. The van der Waals surface area contributed by atoms with Gasteiger partial charge >= 0.3 is 6.18 Å². The molecule has 0 atom stereocenters. The largest absolute Gasteiger partial charge is 0.393 e. The van der Waals surface area contributed by atoms with E-state index in [1.165, 1.54) is 55.3 Å². The third-order valence-corrected chi connectivity index (χ3v) is 13.1. The van der Waals surface area contributed by atoms with Gasteiger partial charge in [0.1, 0.15) is 0 Å². The van der Waals surface area contributed by atoms with Gasteiger partial charge in [-0.05, 0) is 122 Å². The SMILES string of the molecule is FC(F)(F)Cc1cccc(N(c2ccc(-c3ccc(-c4ccccc4)cc3)cc2)c2ccc(-c3ccc(-c4ccc(-c5cc6c7ccccc7n7c8ccccc8c(c5)c67)cc4)cc3)cc2)c1. The van der Waals surface area contributed by atoms with Gasteiger partial charge in [0.2, 0.25) is 0 Å². The van der Waals surface area contributed by atoms with Crippen molar-refractivity contribution in [3.63, 3.8) is 0 Å². The number of para-hydroxylation sites is 2. The fourth-order valence-electron chi connectivity index (χ4n) is 9.90. The van der Waals surface area contributed by atoms with Crippen LogP contribution in [0.15, 0.2) is 237 Å². The van der Waals surface area contributed by atoms with Gasteiger partial charge < -0.3 is 9.30 Å². The van der Waals surface area contributed by atoms with E-state index in [2.05, 4.69) is 174 Å². The summed E-state index contributed by atoms with van der Waals surface area (Å²) in [6, 6.07) is 81.4. The molecule has 2 aromatic heterocycles. The van der Waals surface area contributed by atoms with Crippen molar-refractivity contribution in [2.75, 3.05) is 4.90 Å². The Morgan fingerprint density at radius 3 is 1.12 bits per heavy atom. The predicted octanol–water partition coefficient (Wildman–Crippen LogP) is 17.7. The average Bonchev–Trinajstić information content (AvgIpc) is 3.89. The Morgan fingerprint density at radius 1 is 0.313 bits per heavy atom. The zero-order valence-electron chi connectivity index (χ0n) is 36.3. The monoisotopic (exact) mass is 870 g/mol. The minimum absolute atomic E-state index is 0.211. The normalized spacial score (nSPS) is 11.9. The third kappa shape index (κ3) is 7.45. The molecule has 5 heteroatoms. The van der Waals surface area contributed by atoms with Crippen LogP contribution in [0.25, 0.3) is 93.7 Å². The predicted molar refractivity (Wildman–Crippen MR) is 273 cm³/mol. The Bertz CT molecular complexity index is 3620. The Kier molecular flexibility index (Phi) is 9.72. The molecule has 0 fully saturated rings. The van der Waals surface area contributed by atoms with Gasteiger partial charge in [0.05, 0.1) is 23.0 Å². The number of anilines is 3. The van der Waals surface area contributed by atoms with Crippen LogP contribution < -0.4 is 4.90 Å². The number of fused-ring (bicyclic) bond motifs is 6. The molecule has 67 heavy (non-hydrogen) atoms. The van der Waals surface area contributed by atoms with Crippen LogP contribution >= 0.6 is 0 Å². The highest BCUT2D eigenvalue weighted by molar-refractivity contribution is 6.24. The summed E-state index contributed by atoms with van der Waals surface area (Å²) in [6.45, 7) is 0. The molecule has 12 rings (SSSR count). The molecule has 2 nitrogen and oxygen atoms in total. The molecule has 0 bridgehead atoms. The standard InChI is InChI=1S/C62H41F3N2/c63-62(64,65)40-41-9-8-12-54(37-41)66(52-33-29-48(30-34-52)46-19-17-43(18-20-46)42-10-2-1-3-11-42)53-35-31-49(32-36-53)47-23-21-44(22-24-47)45-25-27-50(28-26-45)51-38-57-55-13-4-6-15-59(55)67-60-16-7-5-14-56(60)58(39-51)61(57)67/h1-39H,40H2. The topological polar surface area (TPSA) is 7.65 Å². The van der Waals surface area contributed by atoms with Crippen molar-refractivity contribution in [2.45, 2.75) is 12.6 Å². The van der Waals surface area contributed by atoms with E-state index in [0.29, 0.717) is 5.69 Å². The van der Waals surface area contributed by atoms with Crippen molar-refractivity contribution < 1.29 is 13.2 Å². The number of nitrogens with zero attached hydrogens (tertiary/aromatic N) is 2. The lowest BCUT2D eigenvalue weighted by molar-refractivity contribution is -0.127. The zero-order chi connectivity index (χ0) is 45.1. The van der Waals surface area contributed by atoms with E-state index < -0.39 is 12.6 Å². The van der Waals surface area contributed by atoms with E-state index in [1.807, 2.05) is 53.4 Å². The first-order chi connectivity index (χ1) is 32.8. The number of aromatic nitrogens is 1. The maximum atomic E-state index is 13.6. The molecule has 2 heterocycles. The van der Waals surface area contributed by atoms with Gasteiger partial charge in [0, 0.05) is 38.6 Å². The smallest absolute Gasteiger partial charge is 0.310 e. The third-order valence-electron chi connectivity index (χ3n) is 13.1. The van der Waals surface area contributed by atoms with Crippen LogP contribution in [0.1, 0.15) is 5.56 Å². The summed E-state index contributed by atoms with van der Waals surface area (Å²) in [7, 11) is 0. The van der Waals surface area contributed by atoms with Crippen molar-refractivity contribution in [1.29, 1.82) is 0 Å². The lowest BCUT2D eigenvalue weighted by Gasteiger charge is -2.26. The lowest BCUT2D eigenvalue weighted by Crippen LogP contribution is -2.13. The average molecular weight is 871 g/mol. The van der Waals surface area contributed by atoms with Crippen LogP contribution in [-0.2, 0) is 6.42 Å². The van der Waals surface area contributed by atoms with Gasteiger partial charge in [-0.2, -0.15) is 13.2 Å². The Labute approximate surface area is 386 Å². The van der Waals surface area contributed by atoms with Gasteiger partial charge in [-0.15, -0.1) is 0 Å². The van der Waals surface area contributed by atoms with E-state index in [9.17, 15) is 13.2 Å². The van der Waals surface area contributed by atoms with Gasteiger partial charge in [-0.3, -0.25) is 0 Å². The Hall–Kier alpha value is -8.41. The molecule has 0 saturated carbocycles. The van der Waals surface area contributed by atoms with Gasteiger partial charge in [-0.25, -0.2) is 0 Å². The van der Waals surface area contributed by atoms with Gasteiger partial charge in [-0.1, -0.05) is 176 Å². The number of halogens is 3. The second-order valence-corrected chi connectivity index (χ2v) is 17.3. The Morgan fingerprint density at radius 2 is 0.687 bits per heavy atom. The minimum atomic E-state index is -4.31. The van der Waals surface area contributed by atoms with Crippen LogP contribution in [0.5, 0.6) is 0 Å². The first-order valence-electron chi connectivity index (χ1n) is 22.5. The summed E-state index contributed by atoms with van der Waals surface area (Å²) < 4.78 is 43.1. The van der Waals surface area contributed by atoms with Crippen molar-refractivity contribution in [3.05, 3.63) is 242 Å². The van der Waals surface area contributed by atoms with Crippen molar-refractivity contribution in [3.8, 4) is 55.6 Å². The van der Waals surface area contributed by atoms with Crippen LogP contribution in [-0.4, -0.2) is 10.6 Å². The molecule has 10 aromatic carbocycles. The number of hydrogen-bond acceptors (Lipinski definition) is 1. The van der Waals surface area contributed by atoms with E-state index in [-0.39, 0.29) is 5.56 Å². The molecular weight excluding hydrogens is 830 g/mol. The zero-order valence-corrected chi connectivity index (χ0v) is 36.3. The highest BCUT2D eigenvalue weighted by atomic mass is 19.4. The van der Waals surface area contributed by atoms with Crippen molar-refractivity contribution in [2.24, 2.45) is 0 Å². The molecule has 0 aliphatic carbocycles. The molecule has 0 spiro atoms.